The maximum atomic E-state index is 12.4. The van der Waals surface area contributed by atoms with Crippen molar-refractivity contribution in [3.05, 3.63) is 59.6 Å². The van der Waals surface area contributed by atoms with Gasteiger partial charge in [-0.1, -0.05) is 30.3 Å². The Morgan fingerprint density at radius 1 is 1.00 bits per heavy atom. The molecule has 0 aliphatic carbocycles. The quantitative estimate of drug-likeness (QED) is 0.629. The first-order valence-corrected chi connectivity index (χ1v) is 10.8. The van der Waals surface area contributed by atoms with E-state index in [4.69, 9.17) is 4.74 Å². The van der Waals surface area contributed by atoms with Crippen LogP contribution in [0, 0.1) is 0 Å². The van der Waals surface area contributed by atoms with Gasteiger partial charge in [0, 0.05) is 26.2 Å². The van der Waals surface area contributed by atoms with Gasteiger partial charge in [-0.15, -0.1) is 11.3 Å². The average molecular weight is 425 g/mol. The molecule has 8 heteroatoms. The van der Waals surface area contributed by atoms with E-state index in [9.17, 15) is 9.59 Å². The van der Waals surface area contributed by atoms with E-state index >= 15 is 0 Å². The number of rotatable bonds is 7. The predicted octanol–water partition coefficient (Wildman–Crippen LogP) is 2.14. The molecule has 30 heavy (non-hydrogen) atoms. The van der Waals surface area contributed by atoms with Crippen molar-refractivity contribution < 1.29 is 14.3 Å². The average Bonchev–Trinajstić information content (AvgIpc) is 3.19. The Kier molecular flexibility index (Phi) is 6.56. The minimum atomic E-state index is -0.304. The van der Waals surface area contributed by atoms with Crippen molar-refractivity contribution in [2.75, 3.05) is 39.3 Å². The second-order valence-electron chi connectivity index (χ2n) is 7.11. The van der Waals surface area contributed by atoms with E-state index in [1.54, 1.807) is 28.4 Å². The summed E-state index contributed by atoms with van der Waals surface area (Å²) in [6.45, 7) is 3.59. The van der Waals surface area contributed by atoms with Gasteiger partial charge >= 0.3 is 0 Å². The first-order valence-electron chi connectivity index (χ1n) is 9.96. The van der Waals surface area contributed by atoms with Gasteiger partial charge in [-0.25, -0.2) is 4.98 Å². The number of ether oxygens (including phenoxy) is 1. The molecule has 1 fully saturated rings. The Hall–Kier alpha value is -2.97. The highest BCUT2D eigenvalue weighted by atomic mass is 32.1. The Bertz CT molecular complexity index is 967. The van der Waals surface area contributed by atoms with E-state index in [2.05, 4.69) is 21.3 Å². The van der Waals surface area contributed by atoms with Gasteiger partial charge in [-0.2, -0.15) is 0 Å². The molecule has 0 saturated carbocycles. The number of nitrogens with one attached hydrogen (secondary N) is 1. The predicted molar refractivity (Wildman–Crippen MR) is 116 cm³/mol. The Labute approximate surface area is 179 Å². The lowest BCUT2D eigenvalue weighted by molar-refractivity contribution is -0.134. The lowest BCUT2D eigenvalue weighted by Gasteiger charge is -2.34. The highest BCUT2D eigenvalue weighted by Crippen LogP contribution is 2.23. The third-order valence-corrected chi connectivity index (χ3v) is 5.99. The maximum absolute atomic E-state index is 12.4. The van der Waals surface area contributed by atoms with Crippen LogP contribution < -0.4 is 10.1 Å². The fourth-order valence-electron chi connectivity index (χ4n) is 3.34. The van der Waals surface area contributed by atoms with Crippen LogP contribution in [0.1, 0.15) is 5.01 Å². The number of benzene rings is 2. The monoisotopic (exact) mass is 424 g/mol. The van der Waals surface area contributed by atoms with Crippen LogP contribution in [0.25, 0.3) is 10.2 Å². The van der Waals surface area contributed by atoms with Crippen molar-refractivity contribution in [1.29, 1.82) is 0 Å². The number of para-hydroxylation sites is 2. The number of nitrogens with zero attached hydrogens (tertiary/aromatic N) is 3. The van der Waals surface area contributed by atoms with Crippen LogP contribution in [-0.2, 0) is 16.1 Å². The molecule has 0 unspecified atom stereocenters. The van der Waals surface area contributed by atoms with Crippen LogP contribution in [0.15, 0.2) is 54.6 Å². The molecule has 4 rings (SSSR count). The maximum Gasteiger partial charge on any atom is 0.258 e. The molecule has 156 valence electrons. The molecule has 3 aromatic rings. The summed E-state index contributed by atoms with van der Waals surface area (Å²) in [6.07, 6.45) is 0. The van der Waals surface area contributed by atoms with Gasteiger partial charge in [0.2, 0.25) is 5.91 Å². The molecule has 1 aliphatic heterocycles. The number of piperazine rings is 1. The summed E-state index contributed by atoms with van der Waals surface area (Å²) >= 11 is 1.72. The second-order valence-corrected chi connectivity index (χ2v) is 8.23. The topological polar surface area (TPSA) is 74.8 Å². The first-order chi connectivity index (χ1) is 14.7. The highest BCUT2D eigenvalue weighted by Gasteiger charge is 2.22. The van der Waals surface area contributed by atoms with Crippen LogP contribution in [0.2, 0.25) is 0 Å². The number of hydrogen-bond acceptors (Lipinski definition) is 6. The van der Waals surface area contributed by atoms with Gasteiger partial charge in [0.1, 0.15) is 10.8 Å². The van der Waals surface area contributed by atoms with Crippen LogP contribution in [0.3, 0.4) is 0 Å². The van der Waals surface area contributed by atoms with Crippen LogP contribution >= 0.6 is 11.3 Å². The smallest absolute Gasteiger partial charge is 0.258 e. The number of carbonyl (C=O) groups is 2. The summed E-state index contributed by atoms with van der Waals surface area (Å²) in [6, 6.07) is 17.3. The minimum absolute atomic E-state index is 0.00511. The van der Waals surface area contributed by atoms with Crippen molar-refractivity contribution in [1.82, 2.24) is 20.1 Å². The van der Waals surface area contributed by atoms with Crippen molar-refractivity contribution in [2.45, 2.75) is 6.54 Å². The van der Waals surface area contributed by atoms with E-state index in [-0.39, 0.29) is 25.0 Å². The summed E-state index contributed by atoms with van der Waals surface area (Å²) in [5.74, 6) is 0.257. The van der Waals surface area contributed by atoms with Crippen molar-refractivity contribution in [3.8, 4) is 5.75 Å². The number of aromatic nitrogens is 1. The third-order valence-electron chi connectivity index (χ3n) is 4.97. The van der Waals surface area contributed by atoms with Crippen molar-refractivity contribution in [3.63, 3.8) is 0 Å². The Morgan fingerprint density at radius 3 is 2.50 bits per heavy atom. The minimum Gasteiger partial charge on any atom is -0.484 e. The largest absolute Gasteiger partial charge is 0.484 e. The molecule has 1 aliphatic rings. The molecule has 1 N–H and O–H groups in total. The number of hydrogen-bond donors (Lipinski definition) is 1. The summed E-state index contributed by atoms with van der Waals surface area (Å²) in [5, 5.41) is 3.74. The number of carbonyl (C=O) groups excluding carboxylic acids is 2. The summed E-state index contributed by atoms with van der Waals surface area (Å²) in [4.78, 5) is 33.1. The van der Waals surface area contributed by atoms with Crippen LogP contribution in [0.4, 0.5) is 0 Å². The number of fused-ring (bicyclic) bond motifs is 1. The van der Waals surface area contributed by atoms with Gasteiger partial charge in [0.15, 0.2) is 6.61 Å². The molecule has 7 nitrogen and oxygen atoms in total. The molecule has 0 bridgehead atoms. The molecule has 2 aromatic carbocycles. The third kappa shape index (κ3) is 5.34. The van der Waals surface area contributed by atoms with E-state index in [0.717, 1.165) is 30.2 Å². The van der Waals surface area contributed by atoms with E-state index in [0.29, 0.717) is 18.8 Å². The summed E-state index contributed by atoms with van der Waals surface area (Å²) < 4.78 is 6.59. The molecule has 0 spiro atoms. The molecule has 2 amide bonds. The van der Waals surface area contributed by atoms with E-state index < -0.39 is 0 Å². The fraction of sp³-hybridized carbons (Fsp3) is 0.318. The van der Waals surface area contributed by atoms with Gasteiger partial charge in [0.05, 0.1) is 23.3 Å². The molecule has 1 saturated heterocycles. The molecule has 0 radical (unpaired) electrons. The molecule has 2 heterocycles. The van der Waals surface area contributed by atoms with Gasteiger partial charge in [0.25, 0.3) is 5.91 Å². The normalized spacial score (nSPS) is 14.6. The van der Waals surface area contributed by atoms with Crippen LogP contribution in [0.5, 0.6) is 5.75 Å². The van der Waals surface area contributed by atoms with E-state index in [1.807, 2.05) is 36.4 Å². The fourth-order valence-corrected chi connectivity index (χ4v) is 4.35. The van der Waals surface area contributed by atoms with Gasteiger partial charge < -0.3 is 15.0 Å². The molecular weight excluding hydrogens is 400 g/mol. The summed E-state index contributed by atoms with van der Waals surface area (Å²) in [5.41, 5.74) is 1.04. The number of amides is 2. The zero-order valence-electron chi connectivity index (χ0n) is 16.6. The molecular formula is C22H24N4O3S. The first kappa shape index (κ1) is 20.3. The lowest BCUT2D eigenvalue weighted by Crippen LogP contribution is -2.51. The molecule has 0 atom stereocenters. The standard InChI is InChI=1S/C22H24N4O3S/c27-20(16-29-17-6-2-1-3-7-17)23-14-22(28)26-12-10-25(11-13-26)15-21-24-18-8-4-5-9-19(18)30-21/h1-9H,10-16H2,(H,23,27). The van der Waals surface area contributed by atoms with Crippen LogP contribution in [-0.4, -0.2) is 65.9 Å². The summed E-state index contributed by atoms with van der Waals surface area (Å²) in [7, 11) is 0. The molecule has 1 aromatic heterocycles. The highest BCUT2D eigenvalue weighted by molar-refractivity contribution is 7.18. The van der Waals surface area contributed by atoms with Gasteiger partial charge in [-0.3, -0.25) is 14.5 Å². The zero-order valence-corrected chi connectivity index (χ0v) is 17.4. The SMILES string of the molecule is O=C(COc1ccccc1)NCC(=O)N1CCN(Cc2nc3ccccc3s2)CC1. The second kappa shape index (κ2) is 9.69. The van der Waals surface area contributed by atoms with Crippen molar-refractivity contribution >= 4 is 33.4 Å². The van der Waals surface area contributed by atoms with Gasteiger partial charge in [-0.05, 0) is 24.3 Å². The number of thiazole rings is 1. The van der Waals surface area contributed by atoms with E-state index in [1.165, 1.54) is 4.70 Å². The van der Waals surface area contributed by atoms with Crippen molar-refractivity contribution in [2.24, 2.45) is 0 Å². The Morgan fingerprint density at radius 2 is 1.73 bits per heavy atom. The Balaban J connectivity index is 1.17. The lowest BCUT2D eigenvalue weighted by atomic mass is 10.3. The zero-order chi connectivity index (χ0) is 20.8.